The van der Waals surface area contributed by atoms with Gasteiger partial charge in [-0.3, -0.25) is 14.5 Å². The number of carbonyl (C=O) groups is 2. The minimum absolute atomic E-state index is 0.0474. The second kappa shape index (κ2) is 8.48. The van der Waals surface area contributed by atoms with Crippen LogP contribution in [0.5, 0.6) is 0 Å². The minimum Gasteiger partial charge on any atom is -0.466 e. The third-order valence-corrected chi connectivity index (χ3v) is 5.20. The summed E-state index contributed by atoms with van der Waals surface area (Å²) in [5.41, 5.74) is 2.60. The lowest BCUT2D eigenvalue weighted by Gasteiger charge is -2.32. The minimum atomic E-state index is -0.131. The van der Waals surface area contributed by atoms with Gasteiger partial charge in [0, 0.05) is 6.54 Å². The fraction of sp³-hybridized carbons (Fsp3) is 0.600. The molecule has 2 aliphatic rings. The lowest BCUT2D eigenvalue weighted by atomic mass is 9.88. The van der Waals surface area contributed by atoms with Gasteiger partial charge >= 0.3 is 5.97 Å². The van der Waals surface area contributed by atoms with Crippen molar-refractivity contribution < 1.29 is 14.3 Å². The SMILES string of the molecule is CCOC(=O)[C@@H]1CCCN(CC(=O)N[C@@H]2CCCc3ccccc32)C1. The van der Waals surface area contributed by atoms with E-state index >= 15 is 0 Å². The quantitative estimate of drug-likeness (QED) is 0.834. The first-order chi connectivity index (χ1) is 12.2. The van der Waals surface area contributed by atoms with Gasteiger partial charge in [-0.2, -0.15) is 0 Å². The maximum atomic E-state index is 12.5. The number of fused-ring (bicyclic) bond motifs is 1. The van der Waals surface area contributed by atoms with Crippen LogP contribution in [-0.2, 0) is 20.7 Å². The van der Waals surface area contributed by atoms with Crippen LogP contribution in [0.2, 0.25) is 0 Å². The van der Waals surface area contributed by atoms with E-state index in [1.807, 2.05) is 13.0 Å². The molecule has 0 saturated carbocycles. The van der Waals surface area contributed by atoms with Gasteiger partial charge in [-0.25, -0.2) is 0 Å². The number of aryl methyl sites for hydroxylation is 1. The Morgan fingerprint density at radius 1 is 1.24 bits per heavy atom. The lowest BCUT2D eigenvalue weighted by Crippen LogP contribution is -2.45. The summed E-state index contributed by atoms with van der Waals surface area (Å²) in [4.78, 5) is 26.5. The van der Waals surface area contributed by atoms with Crippen LogP contribution in [-0.4, -0.2) is 43.0 Å². The number of benzene rings is 1. The zero-order valence-corrected chi connectivity index (χ0v) is 15.0. The van der Waals surface area contributed by atoms with Crippen molar-refractivity contribution in [1.82, 2.24) is 10.2 Å². The van der Waals surface area contributed by atoms with E-state index in [9.17, 15) is 9.59 Å². The van der Waals surface area contributed by atoms with Gasteiger partial charge in [-0.1, -0.05) is 24.3 Å². The normalized spacial score (nSPS) is 23.6. The summed E-state index contributed by atoms with van der Waals surface area (Å²) in [6.07, 6.45) is 4.98. The van der Waals surface area contributed by atoms with Gasteiger partial charge in [0.1, 0.15) is 0 Å². The highest BCUT2D eigenvalue weighted by Crippen LogP contribution is 2.29. The Bertz CT molecular complexity index is 617. The first kappa shape index (κ1) is 17.9. The first-order valence-electron chi connectivity index (χ1n) is 9.43. The molecule has 0 aromatic heterocycles. The molecule has 1 aromatic rings. The summed E-state index contributed by atoms with van der Waals surface area (Å²) in [7, 11) is 0. The predicted molar refractivity (Wildman–Crippen MR) is 96.1 cm³/mol. The van der Waals surface area contributed by atoms with Crippen LogP contribution in [0.15, 0.2) is 24.3 Å². The van der Waals surface area contributed by atoms with Crippen LogP contribution in [0.1, 0.15) is 49.8 Å². The van der Waals surface area contributed by atoms with Gasteiger partial charge in [0.05, 0.1) is 25.1 Å². The van der Waals surface area contributed by atoms with Gasteiger partial charge in [-0.05, 0) is 56.7 Å². The van der Waals surface area contributed by atoms with Crippen LogP contribution in [0.3, 0.4) is 0 Å². The van der Waals surface area contributed by atoms with Gasteiger partial charge in [0.2, 0.25) is 5.91 Å². The van der Waals surface area contributed by atoms with Crippen molar-refractivity contribution in [2.45, 2.75) is 45.1 Å². The molecule has 25 heavy (non-hydrogen) atoms. The molecule has 1 fully saturated rings. The number of piperidine rings is 1. The fourth-order valence-corrected chi connectivity index (χ4v) is 4.00. The van der Waals surface area contributed by atoms with Crippen molar-refractivity contribution in [3.63, 3.8) is 0 Å². The summed E-state index contributed by atoms with van der Waals surface area (Å²) >= 11 is 0. The number of hydrogen-bond donors (Lipinski definition) is 1. The molecule has 1 saturated heterocycles. The summed E-state index contributed by atoms with van der Waals surface area (Å²) in [6.45, 7) is 4.08. The molecule has 0 bridgehead atoms. The van der Waals surface area contributed by atoms with Crippen molar-refractivity contribution in [1.29, 1.82) is 0 Å². The van der Waals surface area contributed by atoms with Crippen LogP contribution in [0, 0.1) is 5.92 Å². The zero-order valence-electron chi connectivity index (χ0n) is 15.0. The summed E-state index contributed by atoms with van der Waals surface area (Å²) in [5, 5.41) is 3.19. The van der Waals surface area contributed by atoms with Crippen molar-refractivity contribution in [3.05, 3.63) is 35.4 Å². The van der Waals surface area contributed by atoms with Crippen LogP contribution in [0.25, 0.3) is 0 Å². The lowest BCUT2D eigenvalue weighted by molar-refractivity contribution is -0.150. The third kappa shape index (κ3) is 4.60. The Balaban J connectivity index is 1.54. The van der Waals surface area contributed by atoms with Crippen molar-refractivity contribution in [2.75, 3.05) is 26.2 Å². The number of ether oxygens (including phenoxy) is 1. The van der Waals surface area contributed by atoms with Crippen LogP contribution >= 0.6 is 0 Å². The molecule has 1 aliphatic heterocycles. The molecule has 0 radical (unpaired) electrons. The molecule has 5 nitrogen and oxygen atoms in total. The molecule has 3 rings (SSSR count). The van der Waals surface area contributed by atoms with E-state index in [1.54, 1.807) is 0 Å². The number of hydrogen-bond acceptors (Lipinski definition) is 4. The highest BCUT2D eigenvalue weighted by Gasteiger charge is 2.28. The number of rotatable bonds is 5. The molecule has 0 unspecified atom stereocenters. The topological polar surface area (TPSA) is 58.6 Å². The van der Waals surface area contributed by atoms with Gasteiger partial charge < -0.3 is 10.1 Å². The molecule has 1 heterocycles. The number of nitrogens with one attached hydrogen (secondary N) is 1. The van der Waals surface area contributed by atoms with Gasteiger partial charge in [0.15, 0.2) is 0 Å². The third-order valence-electron chi connectivity index (χ3n) is 5.20. The molecule has 0 spiro atoms. The molecule has 1 amide bonds. The monoisotopic (exact) mass is 344 g/mol. The number of nitrogens with zero attached hydrogens (tertiary/aromatic N) is 1. The van der Waals surface area contributed by atoms with Gasteiger partial charge in [0.25, 0.3) is 0 Å². The Morgan fingerprint density at radius 2 is 2.08 bits per heavy atom. The Kier molecular flexibility index (Phi) is 6.08. The number of amides is 1. The molecule has 1 aromatic carbocycles. The highest BCUT2D eigenvalue weighted by atomic mass is 16.5. The Morgan fingerprint density at radius 3 is 2.92 bits per heavy atom. The number of likely N-dealkylation sites (tertiary alicyclic amines) is 1. The van der Waals surface area contributed by atoms with Crippen LogP contribution in [0.4, 0.5) is 0 Å². The fourth-order valence-electron chi connectivity index (χ4n) is 4.00. The van der Waals surface area contributed by atoms with Crippen molar-refractivity contribution >= 4 is 11.9 Å². The van der Waals surface area contributed by atoms with E-state index in [0.29, 0.717) is 19.7 Å². The average molecular weight is 344 g/mol. The van der Waals surface area contributed by atoms with E-state index in [0.717, 1.165) is 38.6 Å². The molecule has 136 valence electrons. The maximum Gasteiger partial charge on any atom is 0.310 e. The molecule has 1 N–H and O–H groups in total. The smallest absolute Gasteiger partial charge is 0.310 e. The van der Waals surface area contributed by atoms with Crippen molar-refractivity contribution in [3.8, 4) is 0 Å². The van der Waals surface area contributed by atoms with Crippen LogP contribution < -0.4 is 5.32 Å². The van der Waals surface area contributed by atoms with E-state index in [4.69, 9.17) is 4.74 Å². The summed E-state index contributed by atoms with van der Waals surface area (Å²) < 4.78 is 5.13. The second-order valence-corrected chi connectivity index (χ2v) is 7.04. The molecule has 1 aliphatic carbocycles. The highest BCUT2D eigenvalue weighted by molar-refractivity contribution is 5.79. The molecular formula is C20H28N2O3. The van der Waals surface area contributed by atoms with E-state index < -0.39 is 0 Å². The number of esters is 1. The van der Waals surface area contributed by atoms with E-state index in [-0.39, 0.29) is 23.8 Å². The second-order valence-electron chi connectivity index (χ2n) is 7.04. The maximum absolute atomic E-state index is 12.5. The summed E-state index contributed by atoms with van der Waals surface area (Å²) in [6, 6.07) is 8.49. The predicted octanol–water partition coefficient (Wildman–Crippen LogP) is 2.46. The average Bonchev–Trinajstić information content (AvgIpc) is 2.62. The van der Waals surface area contributed by atoms with Gasteiger partial charge in [-0.15, -0.1) is 0 Å². The first-order valence-corrected chi connectivity index (χ1v) is 9.43. The van der Waals surface area contributed by atoms with E-state index in [2.05, 4.69) is 28.4 Å². The number of carbonyl (C=O) groups excluding carboxylic acids is 2. The largest absolute Gasteiger partial charge is 0.466 e. The molecule has 2 atom stereocenters. The van der Waals surface area contributed by atoms with E-state index in [1.165, 1.54) is 11.1 Å². The Hall–Kier alpha value is -1.88. The molecular weight excluding hydrogens is 316 g/mol. The standard InChI is InChI=1S/C20H28N2O3/c1-2-25-20(24)16-9-6-12-22(13-16)14-19(23)21-18-11-5-8-15-7-3-4-10-17(15)18/h3-4,7,10,16,18H,2,5-6,8-9,11-14H2,1H3,(H,21,23)/t16-,18-/m1/s1. The Labute approximate surface area is 149 Å². The van der Waals surface area contributed by atoms with Crippen molar-refractivity contribution in [2.24, 2.45) is 5.92 Å². The summed E-state index contributed by atoms with van der Waals surface area (Å²) in [5.74, 6) is -0.183. The molecule has 5 heteroatoms. The zero-order chi connectivity index (χ0) is 17.6.